The van der Waals surface area contributed by atoms with E-state index in [0.717, 1.165) is 4.90 Å². The standard InChI is InChI=1S/C10H14ClNOS/c1-7(6-13-2)14-10-4-3-8(12)5-9(10)11/h3-5,7H,6,12H2,1-2H3. The summed E-state index contributed by atoms with van der Waals surface area (Å²) in [5.74, 6) is 0. The van der Waals surface area contributed by atoms with E-state index in [-0.39, 0.29) is 0 Å². The summed E-state index contributed by atoms with van der Waals surface area (Å²) in [5.41, 5.74) is 6.29. The Kier molecular flexibility index (Phi) is 4.58. The van der Waals surface area contributed by atoms with E-state index in [1.807, 2.05) is 12.1 Å². The molecule has 0 bridgehead atoms. The number of benzene rings is 1. The van der Waals surface area contributed by atoms with Crippen molar-refractivity contribution in [3.05, 3.63) is 23.2 Å². The van der Waals surface area contributed by atoms with E-state index >= 15 is 0 Å². The lowest BCUT2D eigenvalue weighted by molar-refractivity contribution is 0.203. The molecule has 1 unspecified atom stereocenters. The summed E-state index contributed by atoms with van der Waals surface area (Å²) >= 11 is 7.72. The summed E-state index contributed by atoms with van der Waals surface area (Å²) in [6.07, 6.45) is 0. The van der Waals surface area contributed by atoms with Gasteiger partial charge in [-0.1, -0.05) is 18.5 Å². The van der Waals surface area contributed by atoms with Gasteiger partial charge in [0.25, 0.3) is 0 Å². The molecule has 0 amide bonds. The molecular weight excluding hydrogens is 218 g/mol. The van der Waals surface area contributed by atoms with Crippen molar-refractivity contribution in [3.8, 4) is 0 Å². The second-order valence-electron chi connectivity index (χ2n) is 3.07. The molecule has 1 atom stereocenters. The highest BCUT2D eigenvalue weighted by Gasteiger charge is 2.07. The van der Waals surface area contributed by atoms with E-state index in [1.165, 1.54) is 0 Å². The first kappa shape index (κ1) is 11.7. The monoisotopic (exact) mass is 231 g/mol. The van der Waals surface area contributed by atoms with Crippen LogP contribution in [0, 0.1) is 0 Å². The van der Waals surface area contributed by atoms with E-state index < -0.39 is 0 Å². The molecule has 0 fully saturated rings. The summed E-state index contributed by atoms with van der Waals surface area (Å²) in [7, 11) is 1.70. The fraction of sp³-hybridized carbons (Fsp3) is 0.400. The molecule has 1 aromatic carbocycles. The highest BCUT2D eigenvalue weighted by Crippen LogP contribution is 2.31. The molecule has 1 aromatic rings. The number of thioether (sulfide) groups is 1. The van der Waals surface area contributed by atoms with Gasteiger partial charge >= 0.3 is 0 Å². The van der Waals surface area contributed by atoms with E-state index in [0.29, 0.717) is 22.6 Å². The molecule has 78 valence electrons. The van der Waals surface area contributed by atoms with Crippen molar-refractivity contribution in [1.82, 2.24) is 0 Å². The second-order valence-corrected chi connectivity index (χ2v) is 4.96. The van der Waals surface area contributed by atoms with Gasteiger partial charge in [0.1, 0.15) is 0 Å². The van der Waals surface area contributed by atoms with Crippen LogP contribution < -0.4 is 5.73 Å². The molecule has 0 spiro atoms. The first-order valence-electron chi connectivity index (χ1n) is 4.34. The molecule has 14 heavy (non-hydrogen) atoms. The Hall–Kier alpha value is -0.380. The van der Waals surface area contributed by atoms with Crippen LogP contribution >= 0.6 is 23.4 Å². The number of halogens is 1. The maximum atomic E-state index is 6.03. The minimum Gasteiger partial charge on any atom is -0.399 e. The molecule has 2 N–H and O–H groups in total. The number of nitrogens with two attached hydrogens (primary N) is 1. The third-order valence-corrected chi connectivity index (χ3v) is 3.26. The Balaban J connectivity index is 2.67. The van der Waals surface area contributed by atoms with Crippen LogP contribution in [0.15, 0.2) is 23.1 Å². The summed E-state index contributed by atoms with van der Waals surface area (Å²) < 4.78 is 5.05. The first-order valence-corrected chi connectivity index (χ1v) is 5.60. The summed E-state index contributed by atoms with van der Waals surface area (Å²) in [5, 5.41) is 1.10. The average molecular weight is 232 g/mol. The van der Waals surface area contributed by atoms with Crippen LogP contribution in [0.2, 0.25) is 5.02 Å². The number of ether oxygens (including phenoxy) is 1. The Morgan fingerprint density at radius 2 is 2.29 bits per heavy atom. The Bertz CT molecular complexity index is 306. The molecule has 0 aliphatic rings. The number of methoxy groups -OCH3 is 1. The quantitative estimate of drug-likeness (QED) is 0.639. The third-order valence-electron chi connectivity index (χ3n) is 1.69. The van der Waals surface area contributed by atoms with Gasteiger partial charge in [-0.25, -0.2) is 0 Å². The molecule has 0 saturated heterocycles. The fourth-order valence-electron chi connectivity index (χ4n) is 1.10. The Morgan fingerprint density at radius 1 is 1.57 bits per heavy atom. The van der Waals surface area contributed by atoms with Crippen molar-refractivity contribution in [2.24, 2.45) is 0 Å². The molecule has 2 nitrogen and oxygen atoms in total. The predicted molar refractivity (Wildman–Crippen MR) is 63.1 cm³/mol. The topological polar surface area (TPSA) is 35.2 Å². The first-order chi connectivity index (χ1) is 6.63. The molecule has 0 aliphatic carbocycles. The van der Waals surface area contributed by atoms with Crippen LogP contribution in [0.25, 0.3) is 0 Å². The lowest BCUT2D eigenvalue weighted by Gasteiger charge is -2.11. The van der Waals surface area contributed by atoms with Gasteiger partial charge in [-0.2, -0.15) is 0 Å². The summed E-state index contributed by atoms with van der Waals surface area (Å²) in [6.45, 7) is 2.81. The van der Waals surface area contributed by atoms with Gasteiger partial charge in [-0.3, -0.25) is 0 Å². The smallest absolute Gasteiger partial charge is 0.0582 e. The molecular formula is C10H14ClNOS. The van der Waals surface area contributed by atoms with E-state index in [9.17, 15) is 0 Å². The number of nitrogen functional groups attached to an aromatic ring is 1. The average Bonchev–Trinajstić information content (AvgIpc) is 2.10. The summed E-state index contributed by atoms with van der Waals surface area (Å²) in [4.78, 5) is 1.05. The fourth-order valence-corrected chi connectivity index (χ4v) is 2.38. The number of hydrogen-bond acceptors (Lipinski definition) is 3. The molecule has 0 aromatic heterocycles. The highest BCUT2D eigenvalue weighted by molar-refractivity contribution is 8.00. The van der Waals surface area contributed by atoms with E-state index in [2.05, 4.69) is 6.92 Å². The van der Waals surface area contributed by atoms with Crippen LogP contribution in [0.5, 0.6) is 0 Å². The molecule has 1 rings (SSSR count). The Morgan fingerprint density at radius 3 is 2.86 bits per heavy atom. The maximum Gasteiger partial charge on any atom is 0.0582 e. The normalized spacial score (nSPS) is 12.8. The van der Waals surface area contributed by atoms with Gasteiger partial charge in [-0.15, -0.1) is 11.8 Å². The van der Waals surface area contributed by atoms with E-state index in [1.54, 1.807) is 24.9 Å². The van der Waals surface area contributed by atoms with Gasteiger partial charge in [0.15, 0.2) is 0 Å². The van der Waals surface area contributed by atoms with Gasteiger partial charge in [0.2, 0.25) is 0 Å². The lowest BCUT2D eigenvalue weighted by atomic mass is 10.3. The molecule has 0 saturated carbocycles. The van der Waals surface area contributed by atoms with Gasteiger partial charge < -0.3 is 10.5 Å². The van der Waals surface area contributed by atoms with Crippen LogP contribution in [-0.2, 0) is 4.74 Å². The zero-order valence-electron chi connectivity index (χ0n) is 8.29. The second kappa shape index (κ2) is 5.49. The predicted octanol–water partition coefficient (Wildman–Crippen LogP) is 3.05. The molecule has 0 aliphatic heterocycles. The van der Waals surface area contributed by atoms with Gasteiger partial charge in [-0.05, 0) is 18.2 Å². The largest absolute Gasteiger partial charge is 0.399 e. The highest BCUT2D eigenvalue weighted by atomic mass is 35.5. The number of rotatable bonds is 4. The third kappa shape index (κ3) is 3.40. The number of anilines is 1. The number of hydrogen-bond donors (Lipinski definition) is 1. The van der Waals surface area contributed by atoms with Crippen molar-refractivity contribution in [1.29, 1.82) is 0 Å². The van der Waals surface area contributed by atoms with Crippen molar-refractivity contribution < 1.29 is 4.74 Å². The van der Waals surface area contributed by atoms with Crippen LogP contribution in [0.1, 0.15) is 6.92 Å². The van der Waals surface area contributed by atoms with Crippen molar-refractivity contribution in [2.75, 3.05) is 19.5 Å². The Labute approximate surface area is 93.8 Å². The lowest BCUT2D eigenvalue weighted by Crippen LogP contribution is -2.04. The van der Waals surface area contributed by atoms with Gasteiger partial charge in [0, 0.05) is 22.9 Å². The molecule has 4 heteroatoms. The van der Waals surface area contributed by atoms with Crippen LogP contribution in [0.4, 0.5) is 5.69 Å². The SMILES string of the molecule is COCC(C)Sc1ccc(N)cc1Cl. The van der Waals surface area contributed by atoms with Crippen molar-refractivity contribution in [2.45, 2.75) is 17.1 Å². The zero-order valence-corrected chi connectivity index (χ0v) is 9.86. The molecule has 0 heterocycles. The summed E-state index contributed by atoms with van der Waals surface area (Å²) in [6, 6.07) is 5.56. The zero-order chi connectivity index (χ0) is 10.6. The van der Waals surface area contributed by atoms with E-state index in [4.69, 9.17) is 22.1 Å². The van der Waals surface area contributed by atoms with Crippen LogP contribution in [-0.4, -0.2) is 19.0 Å². The van der Waals surface area contributed by atoms with Crippen molar-refractivity contribution in [3.63, 3.8) is 0 Å². The molecule has 0 radical (unpaired) electrons. The maximum absolute atomic E-state index is 6.03. The minimum absolute atomic E-state index is 0.390. The van der Waals surface area contributed by atoms with Gasteiger partial charge in [0.05, 0.1) is 11.6 Å². The van der Waals surface area contributed by atoms with Crippen LogP contribution in [0.3, 0.4) is 0 Å². The van der Waals surface area contributed by atoms with Crippen molar-refractivity contribution >= 4 is 29.1 Å². The minimum atomic E-state index is 0.390.